The fraction of sp³-hybridized carbons (Fsp3) is 0.190. The lowest BCUT2D eigenvalue weighted by molar-refractivity contribution is 0.00161. The SMILES string of the molecule is CCOCCONC(=O)c1c(-c2ccccc2)c(-c2ccccc2)n[nH]c1=O. The molecule has 0 bridgehead atoms. The van der Waals surface area contributed by atoms with E-state index in [4.69, 9.17) is 9.57 Å². The lowest BCUT2D eigenvalue weighted by Gasteiger charge is -2.13. The van der Waals surface area contributed by atoms with Crippen LogP contribution in [0.2, 0.25) is 0 Å². The van der Waals surface area contributed by atoms with Crippen LogP contribution in [0.3, 0.4) is 0 Å². The number of carbonyl (C=O) groups excluding carboxylic acids is 1. The molecule has 3 aromatic rings. The minimum Gasteiger partial charge on any atom is -0.379 e. The largest absolute Gasteiger partial charge is 0.379 e. The molecule has 0 fully saturated rings. The molecule has 0 saturated heterocycles. The highest BCUT2D eigenvalue weighted by molar-refractivity contribution is 6.03. The monoisotopic (exact) mass is 379 g/mol. The number of aromatic nitrogens is 2. The molecule has 0 spiro atoms. The van der Waals surface area contributed by atoms with Gasteiger partial charge in [-0.25, -0.2) is 10.6 Å². The molecule has 2 aromatic carbocycles. The van der Waals surface area contributed by atoms with Gasteiger partial charge in [0.1, 0.15) is 5.56 Å². The van der Waals surface area contributed by atoms with Gasteiger partial charge in [-0.2, -0.15) is 5.10 Å². The van der Waals surface area contributed by atoms with Crippen molar-refractivity contribution >= 4 is 5.91 Å². The lowest BCUT2D eigenvalue weighted by Crippen LogP contribution is -2.32. The second kappa shape index (κ2) is 9.59. The highest BCUT2D eigenvalue weighted by atomic mass is 16.7. The highest BCUT2D eigenvalue weighted by Gasteiger charge is 2.23. The number of hydrogen-bond donors (Lipinski definition) is 2. The number of hydroxylamine groups is 1. The number of ether oxygens (including phenoxy) is 1. The number of hydrogen-bond acceptors (Lipinski definition) is 5. The molecule has 3 rings (SSSR count). The summed E-state index contributed by atoms with van der Waals surface area (Å²) in [5.41, 5.74) is 4.11. The van der Waals surface area contributed by atoms with Gasteiger partial charge in [-0.3, -0.25) is 14.4 Å². The minimum absolute atomic E-state index is 0.0588. The summed E-state index contributed by atoms with van der Waals surface area (Å²) in [6.45, 7) is 2.94. The first-order valence-corrected chi connectivity index (χ1v) is 8.95. The van der Waals surface area contributed by atoms with E-state index in [2.05, 4.69) is 15.7 Å². The fourth-order valence-electron chi connectivity index (χ4n) is 2.77. The van der Waals surface area contributed by atoms with Crippen LogP contribution in [0.25, 0.3) is 22.4 Å². The van der Waals surface area contributed by atoms with Gasteiger partial charge in [0, 0.05) is 17.7 Å². The molecule has 0 radical (unpaired) electrons. The Hall–Kier alpha value is -3.29. The van der Waals surface area contributed by atoms with E-state index in [0.29, 0.717) is 30.0 Å². The number of aromatic amines is 1. The van der Waals surface area contributed by atoms with Crippen molar-refractivity contribution in [3.05, 3.63) is 76.6 Å². The van der Waals surface area contributed by atoms with Crippen LogP contribution in [0.4, 0.5) is 0 Å². The van der Waals surface area contributed by atoms with Gasteiger partial charge in [0.25, 0.3) is 11.5 Å². The van der Waals surface area contributed by atoms with Gasteiger partial charge >= 0.3 is 0 Å². The van der Waals surface area contributed by atoms with Crippen LogP contribution in [-0.2, 0) is 9.57 Å². The summed E-state index contributed by atoms with van der Waals surface area (Å²) in [6, 6.07) is 18.6. The molecule has 0 saturated carbocycles. The van der Waals surface area contributed by atoms with E-state index in [0.717, 1.165) is 5.56 Å². The highest BCUT2D eigenvalue weighted by Crippen LogP contribution is 2.31. The third-order valence-electron chi connectivity index (χ3n) is 4.02. The summed E-state index contributed by atoms with van der Waals surface area (Å²) in [5, 5.41) is 6.63. The van der Waals surface area contributed by atoms with Crippen molar-refractivity contribution in [1.29, 1.82) is 0 Å². The van der Waals surface area contributed by atoms with Crippen molar-refractivity contribution in [2.45, 2.75) is 6.92 Å². The summed E-state index contributed by atoms with van der Waals surface area (Å²) in [4.78, 5) is 30.4. The average Bonchev–Trinajstić information content (AvgIpc) is 2.74. The van der Waals surface area contributed by atoms with Crippen LogP contribution in [0.1, 0.15) is 17.3 Å². The molecule has 1 amide bonds. The molecule has 0 aliphatic carbocycles. The van der Waals surface area contributed by atoms with Gasteiger partial charge in [0.15, 0.2) is 0 Å². The molecule has 28 heavy (non-hydrogen) atoms. The second-order valence-electron chi connectivity index (χ2n) is 5.86. The third-order valence-corrected chi connectivity index (χ3v) is 4.02. The summed E-state index contributed by atoms with van der Waals surface area (Å²) >= 11 is 0. The molecule has 7 nitrogen and oxygen atoms in total. The van der Waals surface area contributed by atoms with E-state index in [9.17, 15) is 9.59 Å². The molecular weight excluding hydrogens is 358 g/mol. The van der Waals surface area contributed by atoms with Crippen molar-refractivity contribution in [2.24, 2.45) is 0 Å². The maximum atomic E-state index is 12.8. The Morgan fingerprint density at radius 1 is 1.00 bits per heavy atom. The Morgan fingerprint density at radius 2 is 1.64 bits per heavy atom. The summed E-state index contributed by atoms with van der Waals surface area (Å²) < 4.78 is 5.16. The van der Waals surface area contributed by atoms with Crippen LogP contribution >= 0.6 is 0 Å². The van der Waals surface area contributed by atoms with E-state index >= 15 is 0 Å². The average molecular weight is 379 g/mol. The Morgan fingerprint density at radius 3 is 2.29 bits per heavy atom. The number of carbonyl (C=O) groups is 1. The zero-order valence-corrected chi connectivity index (χ0v) is 15.5. The normalized spacial score (nSPS) is 10.6. The number of nitrogens with zero attached hydrogens (tertiary/aromatic N) is 1. The zero-order chi connectivity index (χ0) is 19.8. The molecule has 0 atom stereocenters. The molecule has 1 heterocycles. The van der Waals surface area contributed by atoms with Gasteiger partial charge in [-0.05, 0) is 12.5 Å². The molecule has 1 aromatic heterocycles. The molecule has 0 aliphatic heterocycles. The van der Waals surface area contributed by atoms with Crippen LogP contribution in [0.5, 0.6) is 0 Å². The quantitative estimate of drug-likeness (QED) is 0.464. The summed E-state index contributed by atoms with van der Waals surface area (Å²) in [6.07, 6.45) is 0. The van der Waals surface area contributed by atoms with Gasteiger partial charge in [0.05, 0.1) is 18.9 Å². The molecule has 2 N–H and O–H groups in total. The maximum absolute atomic E-state index is 12.8. The van der Waals surface area contributed by atoms with Crippen molar-refractivity contribution in [1.82, 2.24) is 15.7 Å². The molecule has 144 valence electrons. The summed E-state index contributed by atoms with van der Waals surface area (Å²) in [7, 11) is 0. The third kappa shape index (κ3) is 4.51. The van der Waals surface area contributed by atoms with E-state index in [1.807, 2.05) is 67.6 Å². The topological polar surface area (TPSA) is 93.3 Å². The Balaban J connectivity index is 2.04. The number of H-pyrrole nitrogens is 1. The molecule has 0 unspecified atom stereocenters. The predicted octanol–water partition coefficient (Wildman–Crippen LogP) is 2.80. The summed E-state index contributed by atoms with van der Waals surface area (Å²) in [5.74, 6) is -0.642. The fourth-order valence-corrected chi connectivity index (χ4v) is 2.77. The standard InChI is InChI=1S/C21H21N3O4/c1-2-27-13-14-28-24-21(26)18-17(15-9-5-3-6-10-15)19(22-23-20(18)25)16-11-7-4-8-12-16/h3-12H,2,13-14H2,1H3,(H,23,25)(H,24,26). The first-order valence-electron chi connectivity index (χ1n) is 8.95. The van der Waals surface area contributed by atoms with Crippen molar-refractivity contribution in [3.8, 4) is 22.4 Å². The van der Waals surface area contributed by atoms with E-state index < -0.39 is 11.5 Å². The maximum Gasteiger partial charge on any atom is 0.281 e. The first-order chi connectivity index (χ1) is 13.7. The van der Waals surface area contributed by atoms with E-state index in [1.54, 1.807) is 0 Å². The first kappa shape index (κ1) is 19.5. The Kier molecular flexibility index (Phi) is 6.67. The van der Waals surface area contributed by atoms with Crippen LogP contribution < -0.4 is 11.0 Å². The van der Waals surface area contributed by atoms with Crippen molar-refractivity contribution < 1.29 is 14.4 Å². The predicted molar refractivity (Wildman–Crippen MR) is 106 cm³/mol. The Bertz CT molecular complexity index is 972. The Labute approximate surface area is 162 Å². The number of nitrogens with one attached hydrogen (secondary N) is 2. The van der Waals surface area contributed by atoms with Crippen LogP contribution in [-0.4, -0.2) is 35.9 Å². The van der Waals surface area contributed by atoms with Crippen molar-refractivity contribution in [3.63, 3.8) is 0 Å². The minimum atomic E-state index is -0.642. The number of amides is 1. The van der Waals surface area contributed by atoms with E-state index in [-0.39, 0.29) is 12.2 Å². The molecular formula is C21H21N3O4. The van der Waals surface area contributed by atoms with Crippen LogP contribution in [0, 0.1) is 0 Å². The molecule has 7 heteroatoms. The lowest BCUT2D eigenvalue weighted by atomic mass is 9.95. The van der Waals surface area contributed by atoms with Crippen LogP contribution in [0.15, 0.2) is 65.5 Å². The van der Waals surface area contributed by atoms with Crippen molar-refractivity contribution in [2.75, 3.05) is 19.8 Å². The number of rotatable bonds is 8. The molecule has 0 aliphatic rings. The smallest absolute Gasteiger partial charge is 0.281 e. The van der Waals surface area contributed by atoms with Gasteiger partial charge in [-0.15, -0.1) is 0 Å². The zero-order valence-electron chi connectivity index (χ0n) is 15.5. The van der Waals surface area contributed by atoms with Gasteiger partial charge < -0.3 is 4.74 Å². The second-order valence-corrected chi connectivity index (χ2v) is 5.86. The van der Waals surface area contributed by atoms with Gasteiger partial charge in [-0.1, -0.05) is 60.7 Å². The number of benzene rings is 2. The van der Waals surface area contributed by atoms with E-state index in [1.165, 1.54) is 0 Å². The van der Waals surface area contributed by atoms with Gasteiger partial charge in [0.2, 0.25) is 0 Å².